The van der Waals surface area contributed by atoms with Crippen LogP contribution in [0.15, 0.2) is 53.7 Å². The van der Waals surface area contributed by atoms with Crippen LogP contribution in [-0.2, 0) is 16.2 Å². The molecule has 1 aromatic carbocycles. The highest BCUT2D eigenvalue weighted by molar-refractivity contribution is 5.99. The Morgan fingerprint density at radius 2 is 1.97 bits per heavy atom. The first kappa shape index (κ1) is 21.1. The van der Waals surface area contributed by atoms with E-state index in [-0.39, 0.29) is 12.5 Å². The molecule has 0 saturated heterocycles. The Morgan fingerprint density at radius 1 is 1.13 bits per heavy atom. The van der Waals surface area contributed by atoms with Gasteiger partial charge in [-0.25, -0.2) is 4.98 Å². The lowest BCUT2D eigenvalue weighted by Crippen LogP contribution is -2.17. The minimum absolute atomic E-state index is 0.0347. The Kier molecular flexibility index (Phi) is 7.59. The van der Waals surface area contributed by atoms with Crippen molar-refractivity contribution in [3.63, 3.8) is 0 Å². The van der Waals surface area contributed by atoms with Crippen LogP contribution >= 0.6 is 0 Å². The van der Waals surface area contributed by atoms with Gasteiger partial charge >= 0.3 is 0 Å². The lowest BCUT2D eigenvalue weighted by atomic mass is 10.2. The lowest BCUT2D eigenvalue weighted by Gasteiger charge is -2.08. The van der Waals surface area contributed by atoms with Crippen LogP contribution in [0.5, 0.6) is 0 Å². The van der Waals surface area contributed by atoms with Crippen molar-refractivity contribution in [2.24, 2.45) is 5.16 Å². The summed E-state index contributed by atoms with van der Waals surface area (Å²) in [6.07, 6.45) is 3.48. The van der Waals surface area contributed by atoms with Gasteiger partial charge in [-0.1, -0.05) is 61.3 Å². The Bertz CT molecular complexity index is 986. The van der Waals surface area contributed by atoms with Crippen LogP contribution in [0.2, 0.25) is 0 Å². The Balaban J connectivity index is 1.67. The summed E-state index contributed by atoms with van der Waals surface area (Å²) in [5, 5.41) is 18.6. The summed E-state index contributed by atoms with van der Waals surface area (Å²) >= 11 is 0. The summed E-state index contributed by atoms with van der Waals surface area (Å²) in [7, 11) is 0. The number of carbonyl (C=O) groups excluding carboxylic acids is 1. The van der Waals surface area contributed by atoms with Crippen molar-refractivity contribution < 1.29 is 9.63 Å². The van der Waals surface area contributed by atoms with Crippen molar-refractivity contribution in [2.45, 2.75) is 46.1 Å². The van der Waals surface area contributed by atoms with E-state index in [4.69, 9.17) is 4.84 Å². The third-order valence-electron chi connectivity index (χ3n) is 4.30. The molecule has 0 saturated carbocycles. The fourth-order valence-electron chi connectivity index (χ4n) is 2.76. The summed E-state index contributed by atoms with van der Waals surface area (Å²) in [6.45, 7) is 4.03. The van der Waals surface area contributed by atoms with Crippen molar-refractivity contribution in [3.05, 3.63) is 65.6 Å². The zero-order chi connectivity index (χ0) is 21.2. The Labute approximate surface area is 175 Å². The summed E-state index contributed by atoms with van der Waals surface area (Å²) in [4.78, 5) is 22.0. The van der Waals surface area contributed by atoms with Crippen LogP contribution in [0.3, 0.4) is 0 Å². The number of rotatable bonds is 9. The molecular weight excluding hydrogens is 382 g/mol. The smallest absolute Gasteiger partial charge is 0.225 e. The van der Waals surface area contributed by atoms with Crippen molar-refractivity contribution in [1.29, 1.82) is 0 Å². The van der Waals surface area contributed by atoms with Gasteiger partial charge in [-0.3, -0.25) is 4.79 Å². The normalized spacial score (nSPS) is 11.3. The summed E-state index contributed by atoms with van der Waals surface area (Å²) < 4.78 is 1.51. The van der Waals surface area contributed by atoms with Crippen LogP contribution in [0.25, 0.3) is 0 Å². The van der Waals surface area contributed by atoms with E-state index in [1.54, 1.807) is 13.0 Å². The molecule has 2 heterocycles. The fraction of sp³-hybridized carbons (Fsp3) is 0.333. The third kappa shape index (κ3) is 5.94. The molecule has 0 bridgehead atoms. The number of tetrazole rings is 1. The molecule has 1 N–H and O–H groups in total. The standard InChI is InChI=1S/C21H25N7O2/c1-3-4-6-14-20(29)23-19-13-9-12-18(22-19)15-30-25-21(17-10-7-5-8-11-17)28-16(2)24-26-27-28/h5,7-13H,3-4,6,14-15H2,1-2H3,(H,22,23,29). The molecule has 0 spiro atoms. The van der Waals surface area contributed by atoms with Gasteiger partial charge in [0.1, 0.15) is 5.82 Å². The molecule has 30 heavy (non-hydrogen) atoms. The molecule has 9 nitrogen and oxygen atoms in total. The van der Waals surface area contributed by atoms with Gasteiger partial charge in [0, 0.05) is 12.0 Å². The number of nitrogens with one attached hydrogen (secondary N) is 1. The number of amides is 1. The number of oxime groups is 1. The number of hydrogen-bond acceptors (Lipinski definition) is 7. The number of hydrogen-bond donors (Lipinski definition) is 1. The minimum Gasteiger partial charge on any atom is -0.387 e. The molecule has 156 valence electrons. The monoisotopic (exact) mass is 407 g/mol. The fourth-order valence-corrected chi connectivity index (χ4v) is 2.76. The van der Waals surface area contributed by atoms with Gasteiger partial charge in [-0.15, -0.1) is 5.10 Å². The third-order valence-corrected chi connectivity index (χ3v) is 4.30. The van der Waals surface area contributed by atoms with Gasteiger partial charge in [0.2, 0.25) is 11.7 Å². The van der Waals surface area contributed by atoms with Gasteiger partial charge < -0.3 is 10.2 Å². The lowest BCUT2D eigenvalue weighted by molar-refractivity contribution is -0.116. The SMILES string of the molecule is CCCCCC(=O)Nc1cccc(CON=C(c2ccccc2)n2nnnc2C)n1. The summed E-state index contributed by atoms with van der Waals surface area (Å²) in [6, 6.07) is 14.9. The summed E-state index contributed by atoms with van der Waals surface area (Å²) in [5.74, 6) is 1.53. The van der Waals surface area contributed by atoms with E-state index in [0.717, 1.165) is 24.8 Å². The molecule has 0 aliphatic heterocycles. The number of benzene rings is 1. The van der Waals surface area contributed by atoms with Crippen molar-refractivity contribution in [1.82, 2.24) is 25.2 Å². The topological polar surface area (TPSA) is 107 Å². The van der Waals surface area contributed by atoms with E-state index < -0.39 is 0 Å². The largest absolute Gasteiger partial charge is 0.387 e. The van der Waals surface area contributed by atoms with E-state index in [9.17, 15) is 4.79 Å². The zero-order valence-electron chi connectivity index (χ0n) is 17.2. The van der Waals surface area contributed by atoms with Gasteiger partial charge in [-0.05, 0) is 35.9 Å². The van der Waals surface area contributed by atoms with Crippen LogP contribution in [0.4, 0.5) is 5.82 Å². The number of nitrogens with zero attached hydrogens (tertiary/aromatic N) is 6. The predicted octanol–water partition coefficient (Wildman–Crippen LogP) is 3.32. The first-order chi connectivity index (χ1) is 14.7. The molecule has 0 fully saturated rings. The highest BCUT2D eigenvalue weighted by atomic mass is 16.6. The molecule has 0 radical (unpaired) electrons. The van der Waals surface area contributed by atoms with E-state index in [1.807, 2.05) is 42.5 Å². The number of anilines is 1. The molecule has 0 aliphatic carbocycles. The van der Waals surface area contributed by atoms with E-state index in [0.29, 0.717) is 29.6 Å². The zero-order valence-corrected chi connectivity index (χ0v) is 17.2. The molecule has 0 aliphatic rings. The highest BCUT2D eigenvalue weighted by Crippen LogP contribution is 2.10. The Morgan fingerprint density at radius 3 is 2.70 bits per heavy atom. The van der Waals surface area contributed by atoms with Gasteiger partial charge in [0.05, 0.1) is 5.69 Å². The van der Waals surface area contributed by atoms with Crippen LogP contribution in [0.1, 0.15) is 49.7 Å². The quantitative estimate of drug-likeness (QED) is 0.252. The maximum atomic E-state index is 12.0. The number of carbonyl (C=O) groups is 1. The number of aryl methyl sites for hydroxylation is 1. The second-order valence-electron chi connectivity index (χ2n) is 6.71. The first-order valence-electron chi connectivity index (χ1n) is 9.94. The highest BCUT2D eigenvalue weighted by Gasteiger charge is 2.12. The first-order valence-corrected chi connectivity index (χ1v) is 9.94. The van der Waals surface area contributed by atoms with E-state index in [1.165, 1.54) is 4.68 Å². The van der Waals surface area contributed by atoms with Gasteiger partial charge in [0.15, 0.2) is 12.4 Å². The summed E-state index contributed by atoms with van der Waals surface area (Å²) in [5.41, 5.74) is 1.46. The maximum absolute atomic E-state index is 12.0. The van der Waals surface area contributed by atoms with Gasteiger partial charge in [0.25, 0.3) is 0 Å². The second-order valence-corrected chi connectivity index (χ2v) is 6.71. The minimum atomic E-state index is -0.0347. The van der Waals surface area contributed by atoms with Crippen molar-refractivity contribution in [3.8, 4) is 0 Å². The molecule has 9 heteroatoms. The number of aromatic nitrogens is 5. The van der Waals surface area contributed by atoms with Crippen LogP contribution in [-0.4, -0.2) is 36.9 Å². The Hall–Kier alpha value is -3.62. The molecule has 2 aromatic heterocycles. The molecule has 3 aromatic rings. The van der Waals surface area contributed by atoms with Crippen LogP contribution < -0.4 is 5.32 Å². The average molecular weight is 407 g/mol. The molecule has 0 unspecified atom stereocenters. The van der Waals surface area contributed by atoms with Crippen molar-refractivity contribution in [2.75, 3.05) is 5.32 Å². The average Bonchev–Trinajstić information content (AvgIpc) is 3.18. The van der Waals surface area contributed by atoms with Gasteiger partial charge in [-0.2, -0.15) is 4.68 Å². The molecule has 3 rings (SSSR count). The number of pyridine rings is 1. The second kappa shape index (κ2) is 10.8. The number of unbranched alkanes of at least 4 members (excludes halogenated alkanes) is 2. The van der Waals surface area contributed by atoms with E-state index in [2.05, 4.69) is 37.9 Å². The van der Waals surface area contributed by atoms with Crippen LogP contribution in [0, 0.1) is 6.92 Å². The van der Waals surface area contributed by atoms with Crippen molar-refractivity contribution >= 4 is 17.6 Å². The molecule has 0 atom stereocenters. The molecule has 1 amide bonds. The molecular formula is C21H25N7O2. The predicted molar refractivity (Wildman–Crippen MR) is 113 cm³/mol. The maximum Gasteiger partial charge on any atom is 0.225 e. The van der Waals surface area contributed by atoms with E-state index >= 15 is 0 Å².